The van der Waals surface area contributed by atoms with Crippen molar-refractivity contribution >= 4 is 17.7 Å². The number of alkyl halides is 3. The van der Waals surface area contributed by atoms with Crippen molar-refractivity contribution < 1.29 is 22.7 Å². The van der Waals surface area contributed by atoms with Crippen LogP contribution in [0.2, 0.25) is 0 Å². The molecule has 0 bridgehead atoms. The summed E-state index contributed by atoms with van der Waals surface area (Å²) < 4.78 is 46.8. The van der Waals surface area contributed by atoms with Gasteiger partial charge in [0.1, 0.15) is 6.10 Å². The van der Waals surface area contributed by atoms with Crippen LogP contribution in [0, 0.1) is 0 Å². The Morgan fingerprint density at radius 2 is 1.97 bits per heavy atom. The molecule has 11 heteroatoms. The molecule has 0 spiro atoms. The van der Waals surface area contributed by atoms with Crippen molar-refractivity contribution in [2.75, 3.05) is 23.4 Å². The molecule has 1 aliphatic carbocycles. The van der Waals surface area contributed by atoms with Gasteiger partial charge in [0.25, 0.3) is 5.95 Å². The fraction of sp³-hybridized carbons (Fsp3) is 0.667. The lowest BCUT2D eigenvalue weighted by atomic mass is 9.98. The normalized spacial score (nSPS) is 15.6. The molecule has 1 unspecified atom stereocenters. The smallest absolute Gasteiger partial charge is 0.416 e. The van der Waals surface area contributed by atoms with Gasteiger partial charge in [-0.3, -0.25) is 4.90 Å². The standard InChI is InChI=1S/C24H35F3N6O2/c1-5-18-13-14-19(16-21(18)24(25,26)27)33(23(34)35-20-11-7-6-8-12-20)15-9-10-17(2)31(3)22-28-30-32(4)29-22/h13-14,16-17,20H,5-12,15H2,1-4H3. The highest BCUT2D eigenvalue weighted by Crippen LogP contribution is 2.35. The van der Waals surface area contributed by atoms with Crippen LogP contribution in [0.5, 0.6) is 0 Å². The molecule has 1 heterocycles. The lowest BCUT2D eigenvalue weighted by molar-refractivity contribution is -0.138. The first kappa shape index (κ1) is 26.7. The summed E-state index contributed by atoms with van der Waals surface area (Å²) in [5.74, 6) is 0.485. The highest BCUT2D eigenvalue weighted by Gasteiger charge is 2.34. The number of aryl methyl sites for hydroxylation is 2. The van der Waals surface area contributed by atoms with Crippen LogP contribution in [-0.2, 0) is 24.4 Å². The highest BCUT2D eigenvalue weighted by atomic mass is 19.4. The summed E-state index contributed by atoms with van der Waals surface area (Å²) in [5, 5.41) is 12.0. The maximum Gasteiger partial charge on any atom is 0.416 e. The molecule has 2 aromatic rings. The number of nitrogens with zero attached hydrogens (tertiary/aromatic N) is 6. The Bertz CT molecular complexity index is 974. The van der Waals surface area contributed by atoms with Crippen molar-refractivity contribution in [1.82, 2.24) is 20.2 Å². The first-order chi connectivity index (χ1) is 16.6. The highest BCUT2D eigenvalue weighted by molar-refractivity contribution is 5.88. The summed E-state index contributed by atoms with van der Waals surface area (Å²) in [4.78, 5) is 17.7. The number of benzene rings is 1. The van der Waals surface area contributed by atoms with Gasteiger partial charge in [0.2, 0.25) is 0 Å². The van der Waals surface area contributed by atoms with Crippen LogP contribution in [0.15, 0.2) is 18.2 Å². The van der Waals surface area contributed by atoms with Crippen LogP contribution in [0.3, 0.4) is 0 Å². The van der Waals surface area contributed by atoms with Gasteiger partial charge in [0.05, 0.1) is 12.6 Å². The molecular weight excluding hydrogens is 461 g/mol. The number of hydrogen-bond donors (Lipinski definition) is 0. The molecule has 1 saturated carbocycles. The average Bonchev–Trinajstić information content (AvgIpc) is 3.27. The van der Waals surface area contributed by atoms with E-state index in [0.717, 1.165) is 38.2 Å². The molecule has 1 aliphatic rings. The number of carbonyl (C=O) groups excluding carboxylic acids is 1. The van der Waals surface area contributed by atoms with Gasteiger partial charge in [-0.15, -0.1) is 5.10 Å². The lowest BCUT2D eigenvalue weighted by Crippen LogP contribution is -2.37. The molecule has 0 N–H and O–H groups in total. The molecule has 0 aliphatic heterocycles. The van der Waals surface area contributed by atoms with Crippen LogP contribution >= 0.6 is 0 Å². The third kappa shape index (κ3) is 7.08. The second kappa shape index (κ2) is 11.7. The van der Waals surface area contributed by atoms with Gasteiger partial charge in [-0.1, -0.05) is 24.5 Å². The lowest BCUT2D eigenvalue weighted by Gasteiger charge is -2.29. The zero-order valence-corrected chi connectivity index (χ0v) is 20.9. The molecule has 8 nitrogen and oxygen atoms in total. The van der Waals surface area contributed by atoms with E-state index in [0.29, 0.717) is 18.8 Å². The Morgan fingerprint density at radius 1 is 1.26 bits per heavy atom. The summed E-state index contributed by atoms with van der Waals surface area (Å²) in [7, 11) is 3.54. The second-order valence-electron chi connectivity index (χ2n) is 9.17. The van der Waals surface area contributed by atoms with Gasteiger partial charge in [-0.2, -0.15) is 18.0 Å². The van der Waals surface area contributed by atoms with Crippen LogP contribution in [-0.4, -0.2) is 52.0 Å². The zero-order valence-electron chi connectivity index (χ0n) is 20.9. The van der Waals surface area contributed by atoms with Gasteiger partial charge in [-0.05, 0) is 74.8 Å². The Labute approximate surface area is 204 Å². The van der Waals surface area contributed by atoms with E-state index in [-0.39, 0.29) is 36.4 Å². The third-order valence-electron chi connectivity index (χ3n) is 6.61. The van der Waals surface area contributed by atoms with Crippen LogP contribution in [0.4, 0.5) is 29.6 Å². The van der Waals surface area contributed by atoms with Crippen molar-refractivity contribution in [3.63, 3.8) is 0 Å². The summed E-state index contributed by atoms with van der Waals surface area (Å²) in [6.07, 6.45) is 0.853. The number of rotatable bonds is 9. The summed E-state index contributed by atoms with van der Waals surface area (Å²) in [6, 6.07) is 4.13. The second-order valence-corrected chi connectivity index (χ2v) is 9.17. The molecular formula is C24H35F3N6O2. The molecule has 35 heavy (non-hydrogen) atoms. The summed E-state index contributed by atoms with van der Waals surface area (Å²) >= 11 is 0. The number of hydrogen-bond acceptors (Lipinski definition) is 6. The van der Waals surface area contributed by atoms with Gasteiger partial charge < -0.3 is 9.64 Å². The maximum absolute atomic E-state index is 13.7. The summed E-state index contributed by atoms with van der Waals surface area (Å²) in [6.45, 7) is 3.92. The zero-order chi connectivity index (χ0) is 25.6. The van der Waals surface area contributed by atoms with E-state index >= 15 is 0 Å². The molecule has 3 rings (SSSR count). The van der Waals surface area contributed by atoms with E-state index in [2.05, 4.69) is 15.4 Å². The Kier molecular flexibility index (Phi) is 8.96. The number of anilines is 2. The van der Waals surface area contributed by atoms with Gasteiger partial charge >= 0.3 is 12.3 Å². The third-order valence-corrected chi connectivity index (χ3v) is 6.61. The minimum Gasteiger partial charge on any atom is -0.446 e. The average molecular weight is 497 g/mol. The van der Waals surface area contributed by atoms with Crippen molar-refractivity contribution in [2.45, 2.75) is 83.5 Å². The molecule has 1 atom stereocenters. The van der Waals surface area contributed by atoms with Crippen LogP contribution in [0.1, 0.15) is 69.9 Å². The molecule has 1 amide bonds. The Morgan fingerprint density at radius 3 is 2.57 bits per heavy atom. The minimum absolute atomic E-state index is 0.0311. The topological polar surface area (TPSA) is 76.4 Å². The first-order valence-electron chi connectivity index (χ1n) is 12.2. The van der Waals surface area contributed by atoms with Crippen molar-refractivity contribution in [1.29, 1.82) is 0 Å². The largest absolute Gasteiger partial charge is 0.446 e. The number of tetrazole rings is 1. The van der Waals surface area contributed by atoms with Crippen molar-refractivity contribution in [3.05, 3.63) is 29.3 Å². The van der Waals surface area contributed by atoms with Crippen LogP contribution < -0.4 is 9.80 Å². The van der Waals surface area contributed by atoms with Crippen molar-refractivity contribution in [3.8, 4) is 0 Å². The number of halogens is 3. The Balaban J connectivity index is 1.75. The quantitative estimate of drug-likeness (QED) is 0.464. The maximum atomic E-state index is 13.7. The molecule has 1 fully saturated rings. The molecule has 0 radical (unpaired) electrons. The molecule has 0 saturated heterocycles. The van der Waals surface area contributed by atoms with E-state index in [9.17, 15) is 18.0 Å². The van der Waals surface area contributed by atoms with Gasteiger partial charge in [0, 0.05) is 25.3 Å². The molecule has 194 valence electrons. The molecule has 1 aromatic carbocycles. The SMILES string of the molecule is CCc1ccc(N(CCCC(C)N(C)c2nnn(C)n2)C(=O)OC2CCCCC2)cc1C(F)(F)F. The van der Waals surface area contributed by atoms with E-state index < -0.39 is 17.8 Å². The monoisotopic (exact) mass is 496 g/mol. The van der Waals surface area contributed by atoms with Gasteiger partial charge in [0.15, 0.2) is 0 Å². The van der Waals surface area contributed by atoms with E-state index in [1.165, 1.54) is 15.8 Å². The number of aromatic nitrogens is 4. The Hall–Kier alpha value is -2.85. The van der Waals surface area contributed by atoms with E-state index in [4.69, 9.17) is 4.74 Å². The number of ether oxygens (including phenoxy) is 1. The van der Waals surface area contributed by atoms with E-state index in [1.807, 2.05) is 18.9 Å². The predicted molar refractivity (Wildman–Crippen MR) is 127 cm³/mol. The fourth-order valence-electron chi connectivity index (χ4n) is 4.37. The van der Waals surface area contributed by atoms with Crippen molar-refractivity contribution in [2.24, 2.45) is 7.05 Å². The van der Waals surface area contributed by atoms with Gasteiger partial charge in [-0.25, -0.2) is 4.79 Å². The fourth-order valence-corrected chi connectivity index (χ4v) is 4.37. The molecule has 1 aromatic heterocycles. The number of amides is 1. The van der Waals surface area contributed by atoms with E-state index in [1.54, 1.807) is 20.0 Å². The summed E-state index contributed by atoms with van der Waals surface area (Å²) in [5.41, 5.74) is -0.310. The predicted octanol–water partition coefficient (Wildman–Crippen LogP) is 5.37. The first-order valence-corrected chi connectivity index (χ1v) is 12.2. The number of carbonyl (C=O) groups is 1. The minimum atomic E-state index is -4.50. The van der Waals surface area contributed by atoms with Crippen LogP contribution in [0.25, 0.3) is 0 Å².